The van der Waals surface area contributed by atoms with Gasteiger partial charge in [0, 0.05) is 30.5 Å². The van der Waals surface area contributed by atoms with Crippen LogP contribution in [0.15, 0.2) is 11.8 Å². The summed E-state index contributed by atoms with van der Waals surface area (Å²) < 4.78 is 19.0. The second kappa shape index (κ2) is 14.6. The van der Waals surface area contributed by atoms with Gasteiger partial charge in [0.05, 0.1) is 54.3 Å². The van der Waals surface area contributed by atoms with Crippen LogP contribution in [0.3, 0.4) is 0 Å². The van der Waals surface area contributed by atoms with Crippen LogP contribution in [0.2, 0.25) is 0 Å². The monoisotopic (exact) mass is 635 g/mol. The molecule has 9 nitrogen and oxygen atoms in total. The summed E-state index contributed by atoms with van der Waals surface area (Å²) in [5.74, 6) is 1.02. The van der Waals surface area contributed by atoms with Crippen LogP contribution >= 0.6 is 0 Å². The van der Waals surface area contributed by atoms with Crippen LogP contribution in [0.25, 0.3) is 0 Å². The van der Waals surface area contributed by atoms with Gasteiger partial charge >= 0.3 is 11.9 Å². The molecular weight excluding hydrogens is 568 g/mol. The van der Waals surface area contributed by atoms with Gasteiger partial charge in [-0.2, -0.15) is 0 Å². The Bertz CT molecular complexity index is 1060. The summed E-state index contributed by atoms with van der Waals surface area (Å²) in [5.41, 5.74) is 8.27. The van der Waals surface area contributed by atoms with Crippen molar-refractivity contribution in [2.24, 2.45) is 28.9 Å². The zero-order chi connectivity index (χ0) is 33.2. The molecule has 1 saturated carbocycles. The molecule has 0 aromatic carbocycles. The van der Waals surface area contributed by atoms with Crippen molar-refractivity contribution in [1.82, 2.24) is 4.90 Å². The maximum atomic E-state index is 12.8. The van der Waals surface area contributed by atoms with Crippen LogP contribution in [0, 0.1) is 23.2 Å². The van der Waals surface area contributed by atoms with E-state index in [0.717, 1.165) is 64.1 Å². The van der Waals surface area contributed by atoms with Crippen molar-refractivity contribution >= 4 is 11.9 Å². The van der Waals surface area contributed by atoms with Gasteiger partial charge in [-0.3, -0.25) is 14.5 Å². The maximum absolute atomic E-state index is 12.8. The fourth-order valence-electron chi connectivity index (χ4n) is 9.02. The second-order valence-electron chi connectivity index (χ2n) is 17.0. The van der Waals surface area contributed by atoms with Crippen LogP contribution in [-0.4, -0.2) is 106 Å². The molecule has 4 rings (SSSR count). The van der Waals surface area contributed by atoms with Crippen LogP contribution in [0.1, 0.15) is 98.3 Å². The largest absolute Gasteiger partial charge is 0.482 e. The molecule has 8 atom stereocenters. The highest BCUT2D eigenvalue weighted by atomic mass is 16.6. The topological polar surface area (TPSA) is 95.5 Å². The highest BCUT2D eigenvalue weighted by molar-refractivity contribution is 5.77. The third-order valence-corrected chi connectivity index (χ3v) is 11.4. The lowest BCUT2D eigenvalue weighted by Gasteiger charge is -2.58. The highest BCUT2D eigenvalue weighted by Gasteiger charge is 2.59. The van der Waals surface area contributed by atoms with Gasteiger partial charge in [0.25, 0.3) is 0 Å². The molecule has 45 heavy (non-hydrogen) atoms. The molecule has 3 fully saturated rings. The molecule has 3 heterocycles. The highest BCUT2D eigenvalue weighted by Crippen LogP contribution is 2.58. The Hall–Kier alpha value is -1.68. The van der Waals surface area contributed by atoms with Crippen molar-refractivity contribution in [3.8, 4) is 0 Å². The Kier molecular flexibility index (Phi) is 11.7. The first kappa shape index (κ1) is 36.2. The molecule has 0 aromatic rings. The molecule has 0 amide bonds. The Labute approximate surface area is 273 Å². The zero-order valence-electron chi connectivity index (χ0n) is 30.0. The number of carbonyl (C=O) groups excluding carboxylic acids is 2. The number of nitrogens with two attached hydrogens (primary N) is 1. The number of piperidine rings is 1. The van der Waals surface area contributed by atoms with Crippen molar-refractivity contribution < 1.29 is 33.2 Å². The smallest absolute Gasteiger partial charge is 0.307 e. The lowest BCUT2D eigenvalue weighted by molar-refractivity contribution is -0.890. The first-order valence-electron chi connectivity index (χ1n) is 17.9. The molecule has 0 aromatic heterocycles. The molecule has 3 N–H and O–H groups in total. The minimum atomic E-state index is -0.331. The number of esters is 2. The Balaban J connectivity index is 1.29. The number of rotatable bonds is 14. The summed E-state index contributed by atoms with van der Waals surface area (Å²) in [6, 6.07) is 0.246. The Morgan fingerprint density at radius 1 is 1.09 bits per heavy atom. The standard InChI is InChI=1S/C36H65N4O5/c1-25(2)11-10-12-31(37)29-17-20-39-34-30(16-19-36(29,39)4)35(3)18-15-27(21-26(35)24-43-34)44-32(41)13-14-33(42)45-28(22-38(5)6)23-40(7,8)9/h24-25,27-31,34H,10-23,37H2,1-9H3/q+1/p+1. The molecule has 0 bridgehead atoms. The lowest BCUT2D eigenvalue weighted by atomic mass is 9.58. The number of hydrogen-bond donors (Lipinski definition) is 2. The van der Waals surface area contributed by atoms with Crippen LogP contribution in [0.4, 0.5) is 0 Å². The predicted molar refractivity (Wildman–Crippen MR) is 177 cm³/mol. The Morgan fingerprint density at radius 3 is 2.47 bits per heavy atom. The number of quaternary nitrogens is 2. The van der Waals surface area contributed by atoms with E-state index in [1.54, 1.807) is 0 Å². The van der Waals surface area contributed by atoms with Crippen LogP contribution in [-0.2, 0) is 23.8 Å². The summed E-state index contributed by atoms with van der Waals surface area (Å²) in [6.07, 6.45) is 11.4. The van der Waals surface area contributed by atoms with E-state index in [9.17, 15) is 9.59 Å². The normalized spacial score (nSPS) is 33.0. The molecule has 4 aliphatic rings. The SMILES string of the molecule is CC(C)CCCC(N)C1CCN2C3OC=C4CC(OC(=O)CCC(=O)OC(C[NH+](C)C)C[N+](C)(C)C)CCC4(C)C3CCC12C. The summed E-state index contributed by atoms with van der Waals surface area (Å²) in [4.78, 5) is 29.3. The molecule has 9 heteroatoms. The first-order chi connectivity index (χ1) is 21.0. The molecule has 1 aliphatic carbocycles. The summed E-state index contributed by atoms with van der Waals surface area (Å²) in [7, 11) is 10.4. The van der Waals surface area contributed by atoms with E-state index in [1.807, 2.05) is 6.26 Å². The van der Waals surface area contributed by atoms with E-state index in [-0.39, 0.29) is 60.2 Å². The molecule has 2 saturated heterocycles. The number of likely N-dealkylation sites (N-methyl/N-ethyl adjacent to an activating group) is 2. The average Bonchev–Trinajstić information content (AvgIpc) is 3.28. The number of hydrogen-bond acceptors (Lipinski definition) is 7. The van der Waals surface area contributed by atoms with Crippen molar-refractivity contribution in [3.05, 3.63) is 11.8 Å². The average molecular weight is 635 g/mol. The maximum Gasteiger partial charge on any atom is 0.307 e. The number of fused-ring (bicyclic) bond motifs is 5. The van der Waals surface area contributed by atoms with Crippen molar-refractivity contribution in [3.63, 3.8) is 0 Å². The fraction of sp³-hybridized carbons (Fsp3) is 0.889. The second-order valence-corrected chi connectivity index (χ2v) is 17.0. The van der Waals surface area contributed by atoms with Crippen LogP contribution < -0.4 is 10.6 Å². The summed E-state index contributed by atoms with van der Waals surface area (Å²) >= 11 is 0. The number of ether oxygens (including phenoxy) is 3. The summed E-state index contributed by atoms with van der Waals surface area (Å²) in [5, 5.41) is 0. The third kappa shape index (κ3) is 8.82. The van der Waals surface area contributed by atoms with Gasteiger partial charge in [-0.1, -0.05) is 33.6 Å². The van der Waals surface area contributed by atoms with E-state index in [4.69, 9.17) is 19.9 Å². The van der Waals surface area contributed by atoms with Crippen molar-refractivity contribution in [2.45, 2.75) is 128 Å². The van der Waals surface area contributed by atoms with Gasteiger partial charge in [-0.05, 0) is 68.3 Å². The third-order valence-electron chi connectivity index (χ3n) is 11.4. The predicted octanol–water partition coefficient (Wildman–Crippen LogP) is 3.52. The number of nitrogens with one attached hydrogen (secondary N) is 1. The van der Waals surface area contributed by atoms with E-state index < -0.39 is 0 Å². The van der Waals surface area contributed by atoms with Crippen LogP contribution in [0.5, 0.6) is 0 Å². The summed E-state index contributed by atoms with van der Waals surface area (Å²) in [6.45, 7) is 11.9. The lowest BCUT2D eigenvalue weighted by Crippen LogP contribution is -3.07. The van der Waals surface area contributed by atoms with Crippen molar-refractivity contribution in [2.75, 3.05) is 54.9 Å². The Morgan fingerprint density at radius 2 is 1.80 bits per heavy atom. The van der Waals surface area contributed by atoms with E-state index in [0.29, 0.717) is 22.7 Å². The van der Waals surface area contributed by atoms with E-state index in [2.05, 4.69) is 67.8 Å². The van der Waals surface area contributed by atoms with Crippen molar-refractivity contribution in [1.29, 1.82) is 0 Å². The van der Waals surface area contributed by atoms with Gasteiger partial charge in [0.2, 0.25) is 0 Å². The van der Waals surface area contributed by atoms with Gasteiger partial charge in [0.15, 0.2) is 12.3 Å². The molecule has 8 unspecified atom stereocenters. The minimum Gasteiger partial charge on any atom is -0.482 e. The molecular formula is C36H66N4O5+2. The van der Waals surface area contributed by atoms with E-state index in [1.165, 1.54) is 23.3 Å². The molecule has 258 valence electrons. The minimum absolute atomic E-state index is 0.0451. The zero-order valence-corrected chi connectivity index (χ0v) is 30.0. The van der Waals surface area contributed by atoms with Gasteiger partial charge < -0.3 is 29.3 Å². The number of carbonyl (C=O) groups is 2. The van der Waals surface area contributed by atoms with Gasteiger partial charge in [-0.15, -0.1) is 0 Å². The first-order valence-corrected chi connectivity index (χ1v) is 17.9. The molecule has 0 spiro atoms. The van der Waals surface area contributed by atoms with Gasteiger partial charge in [-0.25, -0.2) is 0 Å². The number of nitrogens with zero attached hydrogens (tertiary/aromatic N) is 2. The molecule has 0 radical (unpaired) electrons. The molecule has 3 aliphatic heterocycles. The quantitative estimate of drug-likeness (QED) is 0.223. The fourth-order valence-corrected chi connectivity index (χ4v) is 9.02. The van der Waals surface area contributed by atoms with E-state index >= 15 is 0 Å². The van der Waals surface area contributed by atoms with Gasteiger partial charge in [0.1, 0.15) is 19.2 Å².